The highest BCUT2D eigenvalue weighted by atomic mass is 35.5. The van der Waals surface area contributed by atoms with Crippen molar-refractivity contribution >= 4 is 29.4 Å². The molecule has 4 rings (SSSR count). The van der Waals surface area contributed by atoms with E-state index in [1.54, 1.807) is 12.1 Å². The molecule has 5 nitrogen and oxygen atoms in total. The predicted molar refractivity (Wildman–Crippen MR) is 107 cm³/mol. The molecule has 140 valence electrons. The Hall–Kier alpha value is -2.62. The Morgan fingerprint density at radius 1 is 1.26 bits per heavy atom. The number of anilines is 1. The van der Waals surface area contributed by atoms with E-state index in [1.807, 2.05) is 34.9 Å². The van der Waals surface area contributed by atoms with Gasteiger partial charge < -0.3 is 15.2 Å². The highest BCUT2D eigenvalue weighted by molar-refractivity contribution is 5.85. The number of rotatable bonds is 3. The van der Waals surface area contributed by atoms with Gasteiger partial charge in [-0.1, -0.05) is 18.2 Å². The molecule has 3 aromatic rings. The summed E-state index contributed by atoms with van der Waals surface area (Å²) in [5.74, 6) is 0.452. The van der Waals surface area contributed by atoms with Crippen molar-refractivity contribution in [2.24, 2.45) is 5.73 Å². The summed E-state index contributed by atoms with van der Waals surface area (Å²) in [5.41, 5.74) is 8.85. The van der Waals surface area contributed by atoms with Gasteiger partial charge in [-0.2, -0.15) is 5.26 Å². The lowest BCUT2D eigenvalue weighted by Gasteiger charge is -2.32. The molecule has 1 saturated heterocycles. The highest BCUT2D eigenvalue weighted by Crippen LogP contribution is 2.26. The minimum Gasteiger partial charge on any atom is -0.341 e. The number of hydrogen-bond donors (Lipinski definition) is 1. The Labute approximate surface area is 163 Å². The van der Waals surface area contributed by atoms with Crippen molar-refractivity contribution in [2.45, 2.75) is 25.4 Å². The fourth-order valence-electron chi connectivity index (χ4n) is 3.57. The largest absolute Gasteiger partial charge is 0.341 e. The quantitative estimate of drug-likeness (QED) is 0.749. The van der Waals surface area contributed by atoms with Crippen molar-refractivity contribution in [1.29, 1.82) is 5.26 Å². The summed E-state index contributed by atoms with van der Waals surface area (Å²) in [7, 11) is 0. The van der Waals surface area contributed by atoms with Gasteiger partial charge in [0.2, 0.25) is 5.95 Å². The zero-order chi connectivity index (χ0) is 18.1. The Morgan fingerprint density at radius 3 is 2.81 bits per heavy atom. The lowest BCUT2D eigenvalue weighted by molar-refractivity contribution is 0.494. The van der Waals surface area contributed by atoms with Gasteiger partial charge in [0.1, 0.15) is 5.82 Å². The van der Waals surface area contributed by atoms with Gasteiger partial charge >= 0.3 is 0 Å². The first kappa shape index (κ1) is 19.2. The van der Waals surface area contributed by atoms with Gasteiger partial charge in [0.15, 0.2) is 0 Å². The van der Waals surface area contributed by atoms with Crippen LogP contribution in [-0.2, 0) is 6.54 Å². The molecular weight excluding hydrogens is 365 g/mol. The maximum absolute atomic E-state index is 14.4. The second kappa shape index (κ2) is 7.95. The van der Waals surface area contributed by atoms with Gasteiger partial charge in [-0.05, 0) is 37.1 Å². The number of benzene rings is 2. The van der Waals surface area contributed by atoms with E-state index in [-0.39, 0.29) is 24.3 Å². The van der Waals surface area contributed by atoms with E-state index < -0.39 is 0 Å². The molecule has 7 heteroatoms. The predicted octanol–water partition coefficient (Wildman–Crippen LogP) is 3.44. The summed E-state index contributed by atoms with van der Waals surface area (Å²) in [6.07, 6.45) is 2.04. The number of imidazole rings is 1. The van der Waals surface area contributed by atoms with Crippen molar-refractivity contribution in [3.63, 3.8) is 0 Å². The zero-order valence-corrected chi connectivity index (χ0v) is 15.6. The second-order valence-corrected chi connectivity index (χ2v) is 6.75. The van der Waals surface area contributed by atoms with E-state index in [9.17, 15) is 4.39 Å². The molecule has 1 aliphatic rings. The molecule has 2 aromatic carbocycles. The third-order valence-corrected chi connectivity index (χ3v) is 4.89. The minimum atomic E-state index is -0.372. The summed E-state index contributed by atoms with van der Waals surface area (Å²) in [4.78, 5) is 6.98. The number of para-hydroxylation sites is 2. The van der Waals surface area contributed by atoms with Crippen LogP contribution in [-0.4, -0.2) is 28.7 Å². The molecule has 1 unspecified atom stereocenters. The van der Waals surface area contributed by atoms with Gasteiger partial charge in [-0.15, -0.1) is 12.4 Å². The van der Waals surface area contributed by atoms with E-state index in [0.717, 1.165) is 42.9 Å². The van der Waals surface area contributed by atoms with E-state index in [0.29, 0.717) is 17.7 Å². The van der Waals surface area contributed by atoms with Gasteiger partial charge in [0.05, 0.1) is 29.2 Å². The summed E-state index contributed by atoms with van der Waals surface area (Å²) >= 11 is 0. The topological polar surface area (TPSA) is 70.9 Å². The Balaban J connectivity index is 0.00000210. The molecule has 27 heavy (non-hydrogen) atoms. The Kier molecular flexibility index (Phi) is 5.64. The number of hydrogen-bond acceptors (Lipinski definition) is 4. The molecule has 0 aliphatic carbocycles. The van der Waals surface area contributed by atoms with Crippen molar-refractivity contribution in [3.8, 4) is 6.07 Å². The molecule has 0 amide bonds. The van der Waals surface area contributed by atoms with Crippen LogP contribution in [0.2, 0.25) is 0 Å². The van der Waals surface area contributed by atoms with E-state index >= 15 is 0 Å². The molecule has 1 fully saturated rings. The summed E-state index contributed by atoms with van der Waals surface area (Å²) < 4.78 is 16.5. The monoisotopic (exact) mass is 385 g/mol. The molecule has 0 radical (unpaired) electrons. The molecule has 0 saturated carbocycles. The molecule has 0 bridgehead atoms. The number of nitrogens with two attached hydrogens (primary N) is 1. The lowest BCUT2D eigenvalue weighted by atomic mass is 10.1. The first-order valence-electron chi connectivity index (χ1n) is 8.80. The number of aromatic nitrogens is 2. The minimum absolute atomic E-state index is 0. The van der Waals surface area contributed by atoms with Gasteiger partial charge in [-0.25, -0.2) is 9.37 Å². The van der Waals surface area contributed by atoms with E-state index in [4.69, 9.17) is 16.0 Å². The van der Waals surface area contributed by atoms with E-state index in [1.165, 1.54) is 6.07 Å². The summed E-state index contributed by atoms with van der Waals surface area (Å²) in [5, 5.41) is 8.94. The Morgan fingerprint density at radius 2 is 2.07 bits per heavy atom. The van der Waals surface area contributed by atoms with Crippen LogP contribution in [0.3, 0.4) is 0 Å². The van der Waals surface area contributed by atoms with Crippen LogP contribution < -0.4 is 10.6 Å². The van der Waals surface area contributed by atoms with Crippen LogP contribution in [0, 0.1) is 17.1 Å². The first-order valence-corrected chi connectivity index (χ1v) is 8.80. The average molecular weight is 386 g/mol. The third kappa shape index (κ3) is 3.75. The van der Waals surface area contributed by atoms with Crippen LogP contribution in [0.5, 0.6) is 0 Å². The van der Waals surface area contributed by atoms with E-state index in [2.05, 4.69) is 4.90 Å². The Bertz CT molecular complexity index is 994. The third-order valence-electron chi connectivity index (χ3n) is 4.89. The van der Waals surface area contributed by atoms with Crippen LogP contribution in [0.1, 0.15) is 24.0 Å². The standard InChI is InChI=1S/C20H20FN5.ClH/c21-17-10-14(11-22)7-8-15(17)12-26-19-6-2-1-5-18(19)24-20(26)25-9-3-4-16(23)13-25;/h1-2,5-8,10,16H,3-4,9,12-13,23H2;1H. The second-order valence-electron chi connectivity index (χ2n) is 6.75. The molecule has 2 N–H and O–H groups in total. The van der Waals surface area contributed by atoms with Crippen molar-refractivity contribution in [1.82, 2.24) is 9.55 Å². The number of piperidine rings is 1. The zero-order valence-electron chi connectivity index (χ0n) is 14.8. The number of halogens is 2. The summed E-state index contributed by atoms with van der Waals surface area (Å²) in [6.45, 7) is 2.01. The summed E-state index contributed by atoms with van der Waals surface area (Å²) in [6, 6.07) is 14.6. The molecule has 1 aliphatic heterocycles. The maximum atomic E-state index is 14.4. The smallest absolute Gasteiger partial charge is 0.206 e. The average Bonchev–Trinajstić information content (AvgIpc) is 3.02. The molecule has 0 spiro atoms. The van der Waals surface area contributed by atoms with Crippen molar-refractivity contribution < 1.29 is 4.39 Å². The number of nitrogens with zero attached hydrogens (tertiary/aromatic N) is 4. The maximum Gasteiger partial charge on any atom is 0.206 e. The highest BCUT2D eigenvalue weighted by Gasteiger charge is 2.23. The SMILES string of the molecule is Cl.N#Cc1ccc(Cn2c(N3CCCC(N)C3)nc3ccccc32)c(F)c1. The molecular formula is C20H21ClFN5. The molecule has 1 aromatic heterocycles. The number of fused-ring (bicyclic) bond motifs is 1. The van der Waals surface area contributed by atoms with Crippen LogP contribution in [0.4, 0.5) is 10.3 Å². The molecule has 2 heterocycles. The van der Waals surface area contributed by atoms with Crippen LogP contribution in [0.15, 0.2) is 42.5 Å². The van der Waals surface area contributed by atoms with Crippen molar-refractivity contribution in [2.75, 3.05) is 18.0 Å². The fourth-order valence-corrected chi connectivity index (χ4v) is 3.57. The normalized spacial score (nSPS) is 16.8. The fraction of sp³-hybridized carbons (Fsp3) is 0.300. The van der Waals surface area contributed by atoms with Gasteiger partial charge in [0.25, 0.3) is 0 Å². The number of nitriles is 1. The van der Waals surface area contributed by atoms with Crippen LogP contribution >= 0.6 is 12.4 Å². The van der Waals surface area contributed by atoms with Crippen molar-refractivity contribution in [3.05, 3.63) is 59.4 Å². The van der Waals surface area contributed by atoms with Gasteiger partial charge in [0, 0.05) is 24.7 Å². The molecule has 1 atom stereocenters. The van der Waals surface area contributed by atoms with Crippen LogP contribution in [0.25, 0.3) is 11.0 Å². The lowest BCUT2D eigenvalue weighted by Crippen LogP contribution is -2.44. The van der Waals surface area contributed by atoms with Gasteiger partial charge in [-0.3, -0.25) is 0 Å². The first-order chi connectivity index (χ1) is 12.7.